The quantitative estimate of drug-likeness (QED) is 0.431. The van der Waals surface area contributed by atoms with Gasteiger partial charge in [0.25, 0.3) is 0 Å². The lowest BCUT2D eigenvalue weighted by atomic mass is 9.94. The lowest BCUT2D eigenvalue weighted by molar-refractivity contribution is -0.402. The highest BCUT2D eigenvalue weighted by Gasteiger charge is 2.19. The molecule has 8 heteroatoms. The van der Waals surface area contributed by atoms with E-state index in [1.807, 2.05) is 6.07 Å². The van der Waals surface area contributed by atoms with Crippen LogP contribution in [0.1, 0.15) is 37.7 Å². The van der Waals surface area contributed by atoms with Crippen molar-refractivity contribution in [1.29, 1.82) is 0 Å². The van der Waals surface area contributed by atoms with Gasteiger partial charge >= 0.3 is 0 Å². The second-order valence-electron chi connectivity index (χ2n) is 5.39. The molecule has 0 radical (unpaired) electrons. The maximum atomic E-state index is 8.25. The van der Waals surface area contributed by atoms with Crippen molar-refractivity contribution < 1.29 is 5.09 Å². The number of halogens is 2. The minimum Gasteiger partial charge on any atom is -0.398 e. The Morgan fingerprint density at radius 3 is 2.36 bits per heavy atom. The Bertz CT molecular complexity index is 504. The van der Waals surface area contributed by atoms with Gasteiger partial charge in [0.15, 0.2) is 0 Å². The second kappa shape index (κ2) is 9.32. The minimum absolute atomic E-state index is 0.718. The number of nitrogen functional groups attached to an aromatic ring is 1. The van der Waals surface area contributed by atoms with Crippen LogP contribution in [0.15, 0.2) is 21.1 Å². The van der Waals surface area contributed by atoms with E-state index in [2.05, 4.69) is 49.9 Å². The molecule has 22 heavy (non-hydrogen) atoms. The van der Waals surface area contributed by atoms with E-state index in [0.717, 1.165) is 27.2 Å². The fourth-order valence-electron chi connectivity index (χ4n) is 2.69. The molecule has 0 spiro atoms. The summed E-state index contributed by atoms with van der Waals surface area (Å²) in [5.41, 5.74) is 8.20. The Morgan fingerprint density at radius 1 is 1.27 bits per heavy atom. The summed E-state index contributed by atoms with van der Waals surface area (Å²) in [6, 6.07) is 4.84. The molecule has 0 aromatic heterocycles. The number of rotatable bonds is 3. The van der Waals surface area contributed by atoms with E-state index in [1.54, 1.807) is 0 Å². The molecule has 2 rings (SSSR count). The maximum absolute atomic E-state index is 8.25. The molecule has 0 aliphatic heterocycles. The van der Waals surface area contributed by atoms with Crippen LogP contribution in [0.4, 0.5) is 5.69 Å². The highest BCUT2D eigenvalue weighted by atomic mass is 79.9. The molecule has 1 fully saturated rings. The van der Waals surface area contributed by atoms with Crippen molar-refractivity contribution in [2.24, 2.45) is 0 Å². The van der Waals surface area contributed by atoms with Gasteiger partial charge in [0, 0.05) is 21.5 Å². The van der Waals surface area contributed by atoms with Gasteiger partial charge in [-0.05, 0) is 53.5 Å². The van der Waals surface area contributed by atoms with Gasteiger partial charge < -0.3 is 21.1 Å². The summed E-state index contributed by atoms with van der Waals surface area (Å²) in [7, 11) is 2.21. The van der Waals surface area contributed by atoms with Crippen LogP contribution in [0.25, 0.3) is 0 Å². The Balaban J connectivity index is 0.000000541. The zero-order valence-electron chi connectivity index (χ0n) is 12.4. The molecule has 1 aliphatic carbocycles. The van der Waals surface area contributed by atoms with Crippen molar-refractivity contribution in [3.63, 3.8) is 0 Å². The van der Waals surface area contributed by atoms with Gasteiger partial charge in [-0.2, -0.15) is 0 Å². The van der Waals surface area contributed by atoms with Crippen LogP contribution in [-0.2, 0) is 6.54 Å². The van der Waals surface area contributed by atoms with Gasteiger partial charge in [0.2, 0.25) is 0 Å². The molecule has 1 aromatic rings. The Hall–Kier alpha value is -0.860. The number of benzene rings is 1. The van der Waals surface area contributed by atoms with E-state index in [-0.39, 0.29) is 0 Å². The molecule has 2 N–H and O–H groups in total. The smallest absolute Gasteiger partial charge is 0.0689 e. The predicted molar refractivity (Wildman–Crippen MR) is 95.0 cm³/mol. The van der Waals surface area contributed by atoms with E-state index < -0.39 is 5.09 Å². The number of hydrogen-bond donors (Lipinski definition) is 1. The fourth-order valence-corrected chi connectivity index (χ4v) is 4.00. The zero-order chi connectivity index (χ0) is 16.7. The summed E-state index contributed by atoms with van der Waals surface area (Å²) < 4.78 is 2.06. The van der Waals surface area contributed by atoms with E-state index in [4.69, 9.17) is 21.1 Å². The molecule has 0 atom stereocenters. The standard InChI is InChI=1S/C14H20Br2N2.NO3/c1-18(12-5-3-2-4-6-12)9-10-7-11(15)8-13(16)14(10)17;2-1(3)4/h7-8,12H,2-6,9,17H2,1H3;/q;-1. The van der Waals surface area contributed by atoms with Crippen LogP contribution in [0.2, 0.25) is 0 Å². The Kier molecular flexibility index (Phi) is 8.13. The monoisotopic (exact) mass is 436 g/mol. The lowest BCUT2D eigenvalue weighted by Crippen LogP contribution is -2.33. The average Bonchev–Trinajstić information content (AvgIpc) is 2.44. The second-order valence-corrected chi connectivity index (χ2v) is 7.16. The van der Waals surface area contributed by atoms with Crippen molar-refractivity contribution in [2.75, 3.05) is 12.8 Å². The largest absolute Gasteiger partial charge is 0.398 e. The Morgan fingerprint density at radius 2 is 1.82 bits per heavy atom. The highest BCUT2D eigenvalue weighted by molar-refractivity contribution is 9.11. The normalized spacial score (nSPS) is 15.3. The predicted octanol–water partition coefficient (Wildman–Crippen LogP) is 4.32. The van der Waals surface area contributed by atoms with Gasteiger partial charge in [0.05, 0.1) is 10.8 Å². The Labute approximate surface area is 147 Å². The van der Waals surface area contributed by atoms with Gasteiger partial charge in [-0.25, -0.2) is 0 Å². The van der Waals surface area contributed by atoms with Crippen molar-refractivity contribution in [3.8, 4) is 0 Å². The van der Waals surface area contributed by atoms with Crippen LogP contribution in [0, 0.1) is 15.3 Å². The molecule has 1 aliphatic rings. The molecule has 124 valence electrons. The summed E-state index contributed by atoms with van der Waals surface area (Å²) in [5, 5.41) is 14.8. The minimum atomic E-state index is -1.75. The molecule has 0 saturated heterocycles. The van der Waals surface area contributed by atoms with Gasteiger partial charge in [-0.3, -0.25) is 4.90 Å². The first kappa shape index (κ1) is 19.2. The maximum Gasteiger partial charge on any atom is 0.0689 e. The van der Waals surface area contributed by atoms with E-state index in [0.29, 0.717) is 0 Å². The third-order valence-electron chi connectivity index (χ3n) is 3.80. The summed E-state index contributed by atoms with van der Waals surface area (Å²) in [4.78, 5) is 10.7. The summed E-state index contributed by atoms with van der Waals surface area (Å²) >= 11 is 7.04. The molecular weight excluding hydrogens is 418 g/mol. The first-order valence-electron chi connectivity index (χ1n) is 7.06. The summed E-state index contributed by atoms with van der Waals surface area (Å²) in [6.45, 7) is 0.925. The van der Waals surface area contributed by atoms with E-state index >= 15 is 0 Å². The number of anilines is 1. The van der Waals surface area contributed by atoms with Crippen LogP contribution in [-0.4, -0.2) is 23.1 Å². The van der Waals surface area contributed by atoms with Gasteiger partial charge in [-0.1, -0.05) is 35.2 Å². The topological polar surface area (TPSA) is 95.5 Å². The molecule has 0 amide bonds. The van der Waals surface area contributed by atoms with Crippen LogP contribution in [0.5, 0.6) is 0 Å². The van der Waals surface area contributed by atoms with Crippen molar-refractivity contribution >= 4 is 37.5 Å². The van der Waals surface area contributed by atoms with Crippen molar-refractivity contribution in [1.82, 2.24) is 4.90 Å². The van der Waals surface area contributed by atoms with E-state index in [1.165, 1.54) is 37.7 Å². The van der Waals surface area contributed by atoms with E-state index in [9.17, 15) is 0 Å². The average molecular weight is 438 g/mol. The third kappa shape index (κ3) is 6.50. The lowest BCUT2D eigenvalue weighted by Gasteiger charge is -2.31. The van der Waals surface area contributed by atoms with Crippen LogP contribution in [0.3, 0.4) is 0 Å². The van der Waals surface area contributed by atoms with Crippen molar-refractivity contribution in [2.45, 2.75) is 44.7 Å². The van der Waals surface area contributed by atoms with Crippen molar-refractivity contribution in [3.05, 3.63) is 42.0 Å². The molecule has 0 bridgehead atoms. The first-order valence-corrected chi connectivity index (χ1v) is 8.65. The number of hydrogen-bond acceptors (Lipinski definition) is 5. The van der Waals surface area contributed by atoms with Crippen LogP contribution >= 0.6 is 31.9 Å². The van der Waals surface area contributed by atoms with Gasteiger partial charge in [0.1, 0.15) is 0 Å². The fraction of sp³-hybridized carbons (Fsp3) is 0.571. The molecule has 0 unspecified atom stereocenters. The molecular formula is C14H20Br2N3O3-. The molecule has 1 saturated carbocycles. The molecule has 6 nitrogen and oxygen atoms in total. The zero-order valence-corrected chi connectivity index (χ0v) is 15.6. The summed E-state index contributed by atoms with van der Waals surface area (Å²) in [6.07, 6.45) is 6.78. The number of nitrogens with two attached hydrogens (primary N) is 1. The molecule has 1 aromatic carbocycles. The van der Waals surface area contributed by atoms with Crippen LogP contribution < -0.4 is 5.73 Å². The highest BCUT2D eigenvalue weighted by Crippen LogP contribution is 2.30. The molecule has 0 heterocycles. The number of nitrogens with zero attached hydrogens (tertiary/aromatic N) is 2. The SMILES string of the molecule is CN(Cc1cc(Br)cc(Br)c1N)C1CCCCC1.O=[N+]([O-])[O-]. The van der Waals surface area contributed by atoms with Gasteiger partial charge in [-0.15, -0.1) is 0 Å². The third-order valence-corrected chi connectivity index (χ3v) is 4.91. The summed E-state index contributed by atoms with van der Waals surface area (Å²) in [5.74, 6) is 0. The first-order chi connectivity index (χ1) is 10.3.